The summed E-state index contributed by atoms with van der Waals surface area (Å²) in [5.41, 5.74) is 2.14. The van der Waals surface area contributed by atoms with Crippen molar-refractivity contribution in [3.05, 3.63) is 71.8 Å². The molecule has 118 valence electrons. The molecule has 1 heterocycles. The van der Waals surface area contributed by atoms with E-state index in [2.05, 4.69) is 60.5 Å². The van der Waals surface area contributed by atoms with Crippen LogP contribution in [0.2, 0.25) is 0 Å². The summed E-state index contributed by atoms with van der Waals surface area (Å²) >= 11 is 0. The number of aliphatic hydroxyl groups is 1. The van der Waals surface area contributed by atoms with Crippen molar-refractivity contribution in [2.45, 2.75) is 24.4 Å². The van der Waals surface area contributed by atoms with E-state index in [0.717, 1.165) is 19.4 Å². The summed E-state index contributed by atoms with van der Waals surface area (Å²) in [5, 5.41) is 11.0. The Hall–Kier alpha value is -1.35. The smallest absolute Gasteiger partial charge is 0.0803 e. The molecule has 0 saturated carbocycles. The number of hydrogen-bond acceptors (Lipinski definition) is 2. The van der Waals surface area contributed by atoms with E-state index in [-0.39, 0.29) is 17.8 Å². The number of benzene rings is 2. The van der Waals surface area contributed by atoms with Crippen LogP contribution in [-0.4, -0.2) is 36.2 Å². The highest BCUT2D eigenvalue weighted by Crippen LogP contribution is 2.41. The number of hydrogen-bond donors (Lipinski definition) is 1. The third-order valence-electron chi connectivity index (χ3n) is 4.74. The Morgan fingerprint density at radius 3 is 1.95 bits per heavy atom. The van der Waals surface area contributed by atoms with Gasteiger partial charge in [-0.1, -0.05) is 60.7 Å². The van der Waals surface area contributed by atoms with Crippen molar-refractivity contribution in [1.82, 2.24) is 4.90 Å². The van der Waals surface area contributed by atoms with Gasteiger partial charge in [-0.2, -0.15) is 0 Å². The lowest BCUT2D eigenvalue weighted by Crippen LogP contribution is -2.44. The van der Waals surface area contributed by atoms with Gasteiger partial charge in [0.2, 0.25) is 0 Å². The standard InChI is InChI=1S/C19H23NO.ClH/c1-20-14-8-13-19(18(21)15-20,16-9-4-2-5-10-16)17-11-6-3-7-12-17;/h2-7,9-12,18,21H,8,13-15H2,1H3;1H. The third-order valence-corrected chi connectivity index (χ3v) is 4.74. The molecule has 0 spiro atoms. The number of likely N-dealkylation sites (N-methyl/N-ethyl adjacent to an activating group) is 1. The molecule has 1 atom stereocenters. The average molecular weight is 318 g/mol. The Bertz CT molecular complexity index is 533. The molecule has 0 radical (unpaired) electrons. The molecule has 2 aromatic rings. The predicted molar refractivity (Wildman–Crippen MR) is 93.6 cm³/mol. The first-order chi connectivity index (χ1) is 10.2. The van der Waals surface area contributed by atoms with Crippen molar-refractivity contribution >= 4 is 12.4 Å². The van der Waals surface area contributed by atoms with Gasteiger partial charge < -0.3 is 10.0 Å². The zero-order valence-corrected chi connectivity index (χ0v) is 13.8. The first-order valence-electron chi connectivity index (χ1n) is 7.71. The van der Waals surface area contributed by atoms with Crippen molar-refractivity contribution in [2.24, 2.45) is 0 Å². The SMILES string of the molecule is CN1CCCC(c2ccccc2)(c2ccccc2)C(O)C1.Cl. The minimum atomic E-state index is -0.394. The fraction of sp³-hybridized carbons (Fsp3) is 0.368. The lowest BCUT2D eigenvalue weighted by molar-refractivity contribution is 0.0814. The molecule has 0 aliphatic carbocycles. The van der Waals surface area contributed by atoms with Crippen LogP contribution in [-0.2, 0) is 5.41 Å². The third kappa shape index (κ3) is 3.05. The van der Waals surface area contributed by atoms with E-state index in [9.17, 15) is 5.11 Å². The highest BCUT2D eigenvalue weighted by atomic mass is 35.5. The summed E-state index contributed by atoms with van der Waals surface area (Å²) in [6.07, 6.45) is 1.68. The average Bonchev–Trinajstić information content (AvgIpc) is 2.68. The molecule has 2 aromatic carbocycles. The molecule has 1 unspecified atom stereocenters. The van der Waals surface area contributed by atoms with Crippen molar-refractivity contribution < 1.29 is 5.11 Å². The molecule has 1 aliphatic heterocycles. The van der Waals surface area contributed by atoms with Gasteiger partial charge in [-0.05, 0) is 37.6 Å². The second-order valence-electron chi connectivity index (χ2n) is 6.08. The minimum Gasteiger partial charge on any atom is -0.391 e. The normalized spacial score (nSPS) is 21.6. The molecule has 0 bridgehead atoms. The van der Waals surface area contributed by atoms with Crippen molar-refractivity contribution in [2.75, 3.05) is 20.1 Å². The van der Waals surface area contributed by atoms with E-state index in [1.54, 1.807) is 0 Å². The van der Waals surface area contributed by atoms with Crippen LogP contribution in [0.25, 0.3) is 0 Å². The van der Waals surface area contributed by atoms with Gasteiger partial charge in [-0.15, -0.1) is 12.4 Å². The lowest BCUT2D eigenvalue weighted by Gasteiger charge is -2.38. The molecule has 0 aromatic heterocycles. The first kappa shape index (κ1) is 17.0. The molecule has 3 rings (SSSR count). The topological polar surface area (TPSA) is 23.5 Å². The van der Waals surface area contributed by atoms with Crippen LogP contribution < -0.4 is 0 Å². The van der Waals surface area contributed by atoms with E-state index >= 15 is 0 Å². The van der Waals surface area contributed by atoms with Gasteiger partial charge in [0.25, 0.3) is 0 Å². The summed E-state index contributed by atoms with van der Waals surface area (Å²) in [7, 11) is 2.09. The predicted octanol–water partition coefficient (Wildman–Crippen LogP) is 3.48. The zero-order chi connectivity index (χ0) is 14.7. The minimum absolute atomic E-state index is 0. The maximum absolute atomic E-state index is 11.0. The van der Waals surface area contributed by atoms with Crippen LogP contribution in [0.3, 0.4) is 0 Å². The van der Waals surface area contributed by atoms with E-state index < -0.39 is 6.10 Å². The van der Waals surface area contributed by atoms with Gasteiger partial charge in [-0.25, -0.2) is 0 Å². The molecule has 0 amide bonds. The zero-order valence-electron chi connectivity index (χ0n) is 13.0. The second-order valence-corrected chi connectivity index (χ2v) is 6.08. The highest BCUT2D eigenvalue weighted by Gasteiger charge is 2.42. The van der Waals surface area contributed by atoms with Gasteiger partial charge >= 0.3 is 0 Å². The fourth-order valence-electron chi connectivity index (χ4n) is 3.65. The molecule has 2 nitrogen and oxygen atoms in total. The quantitative estimate of drug-likeness (QED) is 0.916. The number of aliphatic hydroxyl groups excluding tert-OH is 1. The lowest BCUT2D eigenvalue weighted by atomic mass is 9.68. The molecule has 22 heavy (non-hydrogen) atoms. The van der Waals surface area contributed by atoms with Crippen LogP contribution in [0.5, 0.6) is 0 Å². The Morgan fingerprint density at radius 1 is 0.955 bits per heavy atom. The summed E-state index contributed by atoms with van der Waals surface area (Å²) in [6, 6.07) is 21.0. The van der Waals surface area contributed by atoms with Crippen LogP contribution in [0.15, 0.2) is 60.7 Å². The van der Waals surface area contributed by atoms with Gasteiger partial charge in [-0.3, -0.25) is 0 Å². The fourth-order valence-corrected chi connectivity index (χ4v) is 3.65. The number of likely N-dealkylation sites (tertiary alicyclic amines) is 1. The van der Waals surface area contributed by atoms with Gasteiger partial charge in [0, 0.05) is 12.0 Å². The van der Waals surface area contributed by atoms with Crippen LogP contribution in [0.1, 0.15) is 24.0 Å². The van der Waals surface area contributed by atoms with E-state index in [1.165, 1.54) is 11.1 Å². The molecule has 1 fully saturated rings. The number of nitrogens with zero attached hydrogens (tertiary/aromatic N) is 1. The summed E-state index contributed by atoms with van der Waals surface area (Å²) in [4.78, 5) is 2.23. The molecule has 1 N–H and O–H groups in total. The number of halogens is 1. The Labute approximate surface area is 139 Å². The molecular formula is C19H24ClNO. The van der Waals surface area contributed by atoms with Gasteiger partial charge in [0.05, 0.1) is 6.10 Å². The van der Waals surface area contributed by atoms with Crippen LogP contribution in [0, 0.1) is 0 Å². The molecule has 1 saturated heterocycles. The molecule has 1 aliphatic rings. The summed E-state index contributed by atoms with van der Waals surface area (Å²) in [5.74, 6) is 0. The summed E-state index contributed by atoms with van der Waals surface area (Å²) < 4.78 is 0. The number of β-amino-alcohol motifs (C(OH)–C–C–N with tert-alkyl or cyclic N) is 1. The number of rotatable bonds is 2. The van der Waals surface area contributed by atoms with E-state index in [4.69, 9.17) is 0 Å². The van der Waals surface area contributed by atoms with E-state index in [0.29, 0.717) is 6.54 Å². The van der Waals surface area contributed by atoms with Crippen molar-refractivity contribution in [3.63, 3.8) is 0 Å². The first-order valence-corrected chi connectivity index (χ1v) is 7.71. The summed E-state index contributed by atoms with van der Waals surface area (Å²) in [6.45, 7) is 1.75. The van der Waals surface area contributed by atoms with Gasteiger partial charge in [0.1, 0.15) is 0 Å². The Balaban J connectivity index is 0.00000176. The van der Waals surface area contributed by atoms with Crippen molar-refractivity contribution in [1.29, 1.82) is 0 Å². The molecule has 3 heteroatoms. The van der Waals surface area contributed by atoms with Crippen LogP contribution >= 0.6 is 12.4 Å². The maximum Gasteiger partial charge on any atom is 0.0803 e. The van der Waals surface area contributed by atoms with Gasteiger partial charge in [0.15, 0.2) is 0 Å². The molecular weight excluding hydrogens is 294 g/mol. The highest BCUT2D eigenvalue weighted by molar-refractivity contribution is 5.85. The Morgan fingerprint density at radius 2 is 1.45 bits per heavy atom. The largest absolute Gasteiger partial charge is 0.391 e. The Kier molecular flexibility index (Phi) is 5.63. The van der Waals surface area contributed by atoms with Crippen molar-refractivity contribution in [3.8, 4) is 0 Å². The van der Waals surface area contributed by atoms with Crippen LogP contribution in [0.4, 0.5) is 0 Å². The second kappa shape index (κ2) is 7.28. The monoisotopic (exact) mass is 317 g/mol. The van der Waals surface area contributed by atoms with E-state index in [1.807, 2.05) is 12.1 Å². The maximum atomic E-state index is 11.0.